The van der Waals surface area contributed by atoms with Crippen molar-refractivity contribution in [3.63, 3.8) is 0 Å². The van der Waals surface area contributed by atoms with Crippen LogP contribution in [0.5, 0.6) is 0 Å². The van der Waals surface area contributed by atoms with Crippen LogP contribution in [-0.2, 0) is 4.79 Å². The van der Waals surface area contributed by atoms with Crippen LogP contribution in [0.4, 0.5) is 5.69 Å². The summed E-state index contributed by atoms with van der Waals surface area (Å²) in [5.74, 6) is -0.493. The average molecular weight is 275 g/mol. The van der Waals surface area contributed by atoms with Crippen molar-refractivity contribution in [2.75, 3.05) is 11.9 Å². The van der Waals surface area contributed by atoms with Gasteiger partial charge in [-0.2, -0.15) is 0 Å². The predicted molar refractivity (Wildman–Crippen MR) is 78.3 cm³/mol. The smallest absolute Gasteiger partial charge is 0.248 e. The van der Waals surface area contributed by atoms with Crippen LogP contribution >= 0.6 is 0 Å². The lowest BCUT2D eigenvalue weighted by Crippen LogP contribution is -2.40. The highest BCUT2D eigenvalue weighted by Gasteiger charge is 2.39. The molecule has 1 aromatic carbocycles. The molecule has 0 unspecified atom stereocenters. The highest BCUT2D eigenvalue weighted by atomic mass is 16.2. The number of primary amides is 1. The molecule has 1 aliphatic rings. The van der Waals surface area contributed by atoms with E-state index in [0.717, 1.165) is 31.2 Å². The lowest BCUT2D eigenvalue weighted by molar-refractivity contribution is -0.124. The van der Waals surface area contributed by atoms with Crippen molar-refractivity contribution >= 4 is 17.5 Å². The number of hydrogen-bond acceptors (Lipinski definition) is 3. The summed E-state index contributed by atoms with van der Waals surface area (Å²) in [7, 11) is 0. The van der Waals surface area contributed by atoms with Crippen molar-refractivity contribution in [3.8, 4) is 0 Å². The molecule has 0 radical (unpaired) electrons. The van der Waals surface area contributed by atoms with Crippen molar-refractivity contribution in [3.05, 3.63) is 29.3 Å². The number of rotatable bonds is 4. The number of nitrogens with one attached hydrogen (secondary N) is 1. The first-order valence-corrected chi connectivity index (χ1v) is 6.90. The van der Waals surface area contributed by atoms with Gasteiger partial charge in [0.05, 0.1) is 5.41 Å². The Balaban J connectivity index is 2.17. The number of carbonyl (C=O) groups excluding carboxylic acids is 2. The van der Waals surface area contributed by atoms with Gasteiger partial charge < -0.3 is 16.8 Å². The Morgan fingerprint density at radius 1 is 1.30 bits per heavy atom. The zero-order chi connectivity index (χ0) is 14.8. The molecule has 0 bridgehead atoms. The summed E-state index contributed by atoms with van der Waals surface area (Å²) in [6.45, 7) is 2.21. The molecule has 1 aromatic rings. The Kier molecular flexibility index (Phi) is 4.09. The van der Waals surface area contributed by atoms with Gasteiger partial charge in [0.15, 0.2) is 0 Å². The molecule has 0 aromatic heterocycles. The molecule has 5 nitrogen and oxygen atoms in total. The van der Waals surface area contributed by atoms with Crippen LogP contribution in [0.3, 0.4) is 0 Å². The van der Waals surface area contributed by atoms with E-state index in [-0.39, 0.29) is 5.91 Å². The fourth-order valence-corrected chi connectivity index (χ4v) is 2.79. The Morgan fingerprint density at radius 2 is 1.95 bits per heavy atom. The van der Waals surface area contributed by atoms with Crippen molar-refractivity contribution in [1.29, 1.82) is 0 Å². The third-order valence-electron chi connectivity index (χ3n) is 4.19. The van der Waals surface area contributed by atoms with Crippen LogP contribution in [-0.4, -0.2) is 18.4 Å². The number of aryl methyl sites for hydroxylation is 1. The van der Waals surface area contributed by atoms with Gasteiger partial charge in [-0.1, -0.05) is 12.8 Å². The highest BCUT2D eigenvalue weighted by molar-refractivity contribution is 5.98. The topological polar surface area (TPSA) is 98.2 Å². The molecule has 0 spiro atoms. The summed E-state index contributed by atoms with van der Waals surface area (Å²) >= 11 is 0. The van der Waals surface area contributed by atoms with Crippen molar-refractivity contribution < 1.29 is 9.59 Å². The second-order valence-corrected chi connectivity index (χ2v) is 5.54. The van der Waals surface area contributed by atoms with E-state index < -0.39 is 11.3 Å². The van der Waals surface area contributed by atoms with Gasteiger partial charge in [-0.05, 0) is 43.5 Å². The molecule has 108 valence electrons. The molecule has 1 fully saturated rings. The monoisotopic (exact) mass is 275 g/mol. The van der Waals surface area contributed by atoms with E-state index >= 15 is 0 Å². The molecular formula is C15H21N3O2. The standard InChI is InChI=1S/C15H21N3O2/c1-10-8-11(13(17)19)4-5-12(10)18-14(20)15(9-16)6-2-3-7-15/h4-5,8H,2-3,6-7,9,16H2,1H3,(H2,17,19)(H,18,20). The molecule has 2 rings (SSSR count). The van der Waals surface area contributed by atoms with Gasteiger partial charge in [-0.15, -0.1) is 0 Å². The van der Waals surface area contributed by atoms with Gasteiger partial charge >= 0.3 is 0 Å². The van der Waals surface area contributed by atoms with E-state index in [0.29, 0.717) is 17.8 Å². The summed E-state index contributed by atoms with van der Waals surface area (Å²) in [6, 6.07) is 5.02. The van der Waals surface area contributed by atoms with E-state index in [1.54, 1.807) is 18.2 Å². The summed E-state index contributed by atoms with van der Waals surface area (Å²) in [4.78, 5) is 23.6. The van der Waals surface area contributed by atoms with Crippen LogP contribution in [0.1, 0.15) is 41.6 Å². The molecule has 0 heterocycles. The van der Waals surface area contributed by atoms with E-state index in [1.807, 2.05) is 6.92 Å². The number of anilines is 1. The SMILES string of the molecule is Cc1cc(C(N)=O)ccc1NC(=O)C1(CN)CCCC1. The highest BCUT2D eigenvalue weighted by Crippen LogP contribution is 2.38. The zero-order valence-electron chi connectivity index (χ0n) is 11.7. The van der Waals surface area contributed by atoms with E-state index in [4.69, 9.17) is 11.5 Å². The van der Waals surface area contributed by atoms with Gasteiger partial charge in [-0.3, -0.25) is 9.59 Å². The minimum absolute atomic E-state index is 0.0209. The second kappa shape index (κ2) is 5.63. The molecular weight excluding hydrogens is 254 g/mol. The maximum absolute atomic E-state index is 12.5. The minimum Gasteiger partial charge on any atom is -0.366 e. The summed E-state index contributed by atoms with van der Waals surface area (Å²) < 4.78 is 0. The number of nitrogens with two attached hydrogens (primary N) is 2. The van der Waals surface area contributed by atoms with Gasteiger partial charge in [0, 0.05) is 17.8 Å². The average Bonchev–Trinajstić information content (AvgIpc) is 2.90. The number of benzene rings is 1. The van der Waals surface area contributed by atoms with Crippen molar-refractivity contribution in [2.45, 2.75) is 32.6 Å². The first-order valence-electron chi connectivity index (χ1n) is 6.90. The van der Waals surface area contributed by atoms with E-state index in [9.17, 15) is 9.59 Å². The Morgan fingerprint density at radius 3 is 2.45 bits per heavy atom. The number of amides is 2. The van der Waals surface area contributed by atoms with Gasteiger partial charge in [0.25, 0.3) is 0 Å². The van der Waals surface area contributed by atoms with Crippen LogP contribution < -0.4 is 16.8 Å². The quantitative estimate of drug-likeness (QED) is 0.777. The van der Waals surface area contributed by atoms with E-state index in [2.05, 4.69) is 5.32 Å². The summed E-state index contributed by atoms with van der Waals surface area (Å²) in [5.41, 5.74) is 12.6. The Labute approximate surface area is 118 Å². The molecule has 20 heavy (non-hydrogen) atoms. The lowest BCUT2D eigenvalue weighted by Gasteiger charge is -2.26. The van der Waals surface area contributed by atoms with E-state index in [1.165, 1.54) is 0 Å². The normalized spacial score (nSPS) is 16.9. The third-order valence-corrected chi connectivity index (χ3v) is 4.19. The number of carbonyl (C=O) groups is 2. The predicted octanol–water partition coefficient (Wildman–Crippen LogP) is 1.55. The molecule has 5 N–H and O–H groups in total. The molecule has 0 atom stereocenters. The first kappa shape index (κ1) is 14.5. The van der Waals surface area contributed by atoms with Crippen LogP contribution in [0.15, 0.2) is 18.2 Å². The lowest BCUT2D eigenvalue weighted by atomic mass is 9.85. The summed E-state index contributed by atoms with van der Waals surface area (Å²) in [6.07, 6.45) is 3.77. The minimum atomic E-state index is -0.472. The van der Waals surface area contributed by atoms with Gasteiger partial charge in [0.1, 0.15) is 0 Å². The fraction of sp³-hybridized carbons (Fsp3) is 0.467. The number of hydrogen-bond donors (Lipinski definition) is 3. The molecule has 0 aliphatic heterocycles. The zero-order valence-corrected chi connectivity index (χ0v) is 11.7. The maximum atomic E-state index is 12.5. The maximum Gasteiger partial charge on any atom is 0.248 e. The molecule has 0 saturated heterocycles. The largest absolute Gasteiger partial charge is 0.366 e. The molecule has 1 saturated carbocycles. The van der Waals surface area contributed by atoms with Crippen LogP contribution in [0, 0.1) is 12.3 Å². The van der Waals surface area contributed by atoms with Crippen molar-refractivity contribution in [2.24, 2.45) is 16.9 Å². The van der Waals surface area contributed by atoms with Crippen LogP contribution in [0.2, 0.25) is 0 Å². The summed E-state index contributed by atoms with van der Waals surface area (Å²) in [5, 5.41) is 2.94. The Hall–Kier alpha value is -1.88. The van der Waals surface area contributed by atoms with Crippen molar-refractivity contribution in [1.82, 2.24) is 0 Å². The Bertz CT molecular complexity index is 534. The molecule has 2 amide bonds. The van der Waals surface area contributed by atoms with Gasteiger partial charge in [0.2, 0.25) is 11.8 Å². The van der Waals surface area contributed by atoms with Gasteiger partial charge in [-0.25, -0.2) is 0 Å². The van der Waals surface area contributed by atoms with Crippen LogP contribution in [0.25, 0.3) is 0 Å². The molecule has 5 heteroatoms. The first-order chi connectivity index (χ1) is 9.48. The second-order valence-electron chi connectivity index (χ2n) is 5.54. The third kappa shape index (κ3) is 2.67. The fourth-order valence-electron chi connectivity index (χ4n) is 2.79. The molecule has 1 aliphatic carbocycles.